The molecular weight excluding hydrogens is 208 g/mol. The second kappa shape index (κ2) is 4.88. The fraction of sp³-hybridized carbons (Fsp3) is 0.800. The zero-order valence-corrected chi connectivity index (χ0v) is 10.8. The monoisotopic (exact) mass is 228 g/mol. The molecule has 0 aliphatic carbocycles. The summed E-state index contributed by atoms with van der Waals surface area (Å²) in [7, 11) is 0. The minimum Gasteiger partial charge on any atom is -0.381 e. The molecule has 15 heavy (non-hydrogen) atoms. The van der Waals surface area contributed by atoms with Gasteiger partial charge in [-0.2, -0.15) is 11.8 Å². The third-order valence-electron chi connectivity index (χ3n) is 2.19. The Labute approximate surface area is 95.6 Å². The van der Waals surface area contributed by atoms with Crippen LogP contribution in [0.3, 0.4) is 0 Å². The predicted molar refractivity (Wildman–Crippen MR) is 66.1 cm³/mol. The van der Waals surface area contributed by atoms with E-state index in [9.17, 15) is 0 Å². The highest BCUT2D eigenvalue weighted by Crippen LogP contribution is 2.26. The van der Waals surface area contributed by atoms with E-state index in [4.69, 9.17) is 5.73 Å². The van der Waals surface area contributed by atoms with Gasteiger partial charge in [-0.05, 0) is 18.4 Å². The molecule has 0 aromatic carbocycles. The summed E-state index contributed by atoms with van der Waals surface area (Å²) in [5.74, 6) is 1.70. The number of nitrogen functional groups attached to an aromatic ring is 1. The summed E-state index contributed by atoms with van der Waals surface area (Å²) in [6.07, 6.45) is 3.22. The number of aryl methyl sites for hydroxylation is 1. The smallest absolute Gasteiger partial charge is 0.169 e. The van der Waals surface area contributed by atoms with E-state index in [1.807, 2.05) is 16.4 Å². The molecule has 0 atom stereocenters. The van der Waals surface area contributed by atoms with Crippen LogP contribution in [-0.2, 0) is 12.0 Å². The molecule has 0 fully saturated rings. The van der Waals surface area contributed by atoms with Crippen LogP contribution in [0, 0.1) is 0 Å². The highest BCUT2D eigenvalue weighted by atomic mass is 32.2. The number of thioether (sulfide) groups is 1. The van der Waals surface area contributed by atoms with Crippen molar-refractivity contribution in [2.75, 3.05) is 17.7 Å². The normalized spacial score (nSPS) is 12.0. The Morgan fingerprint density at radius 3 is 2.60 bits per heavy atom. The van der Waals surface area contributed by atoms with Crippen LogP contribution in [0.4, 0.5) is 5.82 Å². The SMILES string of the molecule is CSCCCn1nnc(N)c1C(C)(C)C. The van der Waals surface area contributed by atoms with Crippen LogP contribution < -0.4 is 5.73 Å². The maximum absolute atomic E-state index is 5.83. The lowest BCUT2D eigenvalue weighted by Crippen LogP contribution is -2.20. The van der Waals surface area contributed by atoms with Crippen molar-refractivity contribution in [1.82, 2.24) is 15.0 Å². The third kappa shape index (κ3) is 3.12. The van der Waals surface area contributed by atoms with E-state index >= 15 is 0 Å². The van der Waals surface area contributed by atoms with Crippen LogP contribution >= 0.6 is 11.8 Å². The number of nitrogens with two attached hydrogens (primary N) is 1. The van der Waals surface area contributed by atoms with E-state index < -0.39 is 0 Å². The molecule has 0 radical (unpaired) electrons. The van der Waals surface area contributed by atoms with E-state index in [2.05, 4.69) is 37.3 Å². The Kier molecular flexibility index (Phi) is 4.02. The van der Waals surface area contributed by atoms with Gasteiger partial charge in [-0.15, -0.1) is 5.10 Å². The van der Waals surface area contributed by atoms with E-state index in [1.54, 1.807) is 0 Å². The minimum absolute atomic E-state index is 0.00689. The molecule has 1 heterocycles. The van der Waals surface area contributed by atoms with Crippen molar-refractivity contribution in [3.8, 4) is 0 Å². The largest absolute Gasteiger partial charge is 0.381 e. The van der Waals surface area contributed by atoms with E-state index in [0.717, 1.165) is 24.4 Å². The Hall–Kier alpha value is -0.710. The predicted octanol–water partition coefficient (Wildman–Crippen LogP) is 1.91. The maximum Gasteiger partial charge on any atom is 0.169 e. The molecule has 4 nitrogen and oxygen atoms in total. The molecule has 86 valence electrons. The highest BCUT2D eigenvalue weighted by molar-refractivity contribution is 7.98. The molecule has 0 amide bonds. The lowest BCUT2D eigenvalue weighted by atomic mass is 9.92. The van der Waals surface area contributed by atoms with Crippen molar-refractivity contribution in [3.05, 3.63) is 5.69 Å². The topological polar surface area (TPSA) is 56.7 Å². The van der Waals surface area contributed by atoms with E-state index in [0.29, 0.717) is 5.82 Å². The Bertz CT molecular complexity index is 314. The zero-order valence-electron chi connectivity index (χ0n) is 9.95. The van der Waals surface area contributed by atoms with Gasteiger partial charge in [0.05, 0.1) is 5.69 Å². The third-order valence-corrected chi connectivity index (χ3v) is 2.89. The molecule has 0 unspecified atom stereocenters. The number of hydrogen-bond donors (Lipinski definition) is 1. The summed E-state index contributed by atoms with van der Waals surface area (Å²) in [5, 5.41) is 8.03. The number of aromatic nitrogens is 3. The molecule has 0 aliphatic heterocycles. The molecule has 1 aromatic heterocycles. The molecule has 0 saturated carbocycles. The minimum atomic E-state index is 0.00689. The highest BCUT2D eigenvalue weighted by Gasteiger charge is 2.23. The van der Waals surface area contributed by atoms with Gasteiger partial charge in [0, 0.05) is 12.0 Å². The van der Waals surface area contributed by atoms with Crippen molar-refractivity contribution >= 4 is 17.6 Å². The van der Waals surface area contributed by atoms with Gasteiger partial charge in [0.25, 0.3) is 0 Å². The van der Waals surface area contributed by atoms with Gasteiger partial charge in [0.1, 0.15) is 0 Å². The number of anilines is 1. The van der Waals surface area contributed by atoms with Crippen LogP contribution in [-0.4, -0.2) is 27.0 Å². The number of nitrogens with zero attached hydrogens (tertiary/aromatic N) is 3. The van der Waals surface area contributed by atoms with Crippen molar-refractivity contribution in [1.29, 1.82) is 0 Å². The van der Waals surface area contributed by atoms with Crippen LogP contribution in [0.5, 0.6) is 0 Å². The van der Waals surface area contributed by atoms with E-state index in [-0.39, 0.29) is 5.41 Å². The van der Waals surface area contributed by atoms with Crippen LogP contribution in [0.2, 0.25) is 0 Å². The fourth-order valence-electron chi connectivity index (χ4n) is 1.61. The Balaban J connectivity index is 2.80. The van der Waals surface area contributed by atoms with Gasteiger partial charge in [0.2, 0.25) is 0 Å². The van der Waals surface area contributed by atoms with Gasteiger partial charge in [0.15, 0.2) is 5.82 Å². The molecule has 5 heteroatoms. The molecule has 0 saturated heterocycles. The summed E-state index contributed by atoms with van der Waals surface area (Å²) in [6, 6.07) is 0. The summed E-state index contributed by atoms with van der Waals surface area (Å²) in [4.78, 5) is 0. The average Bonchev–Trinajstić information content (AvgIpc) is 2.47. The van der Waals surface area contributed by atoms with Crippen LogP contribution in [0.15, 0.2) is 0 Å². The quantitative estimate of drug-likeness (QED) is 0.800. The van der Waals surface area contributed by atoms with Crippen molar-refractivity contribution < 1.29 is 0 Å². The van der Waals surface area contributed by atoms with Crippen molar-refractivity contribution in [3.63, 3.8) is 0 Å². The number of rotatable bonds is 4. The molecule has 2 N–H and O–H groups in total. The Morgan fingerprint density at radius 2 is 2.07 bits per heavy atom. The van der Waals surface area contributed by atoms with Gasteiger partial charge in [-0.3, -0.25) is 0 Å². The van der Waals surface area contributed by atoms with Gasteiger partial charge in [-0.1, -0.05) is 26.0 Å². The van der Waals surface area contributed by atoms with Gasteiger partial charge in [-0.25, -0.2) is 4.68 Å². The zero-order chi connectivity index (χ0) is 11.5. The first kappa shape index (κ1) is 12.4. The van der Waals surface area contributed by atoms with Crippen LogP contribution in [0.1, 0.15) is 32.9 Å². The van der Waals surface area contributed by atoms with Crippen molar-refractivity contribution in [2.24, 2.45) is 0 Å². The lowest BCUT2D eigenvalue weighted by Gasteiger charge is -2.19. The molecule has 1 rings (SSSR count). The first-order valence-electron chi connectivity index (χ1n) is 5.15. The summed E-state index contributed by atoms with van der Waals surface area (Å²) in [5.41, 5.74) is 6.88. The average molecular weight is 228 g/mol. The van der Waals surface area contributed by atoms with Crippen molar-refractivity contribution in [2.45, 2.75) is 39.2 Å². The lowest BCUT2D eigenvalue weighted by molar-refractivity contribution is 0.478. The summed E-state index contributed by atoms with van der Waals surface area (Å²) >= 11 is 1.85. The second-order valence-electron chi connectivity index (χ2n) is 4.64. The molecule has 0 aliphatic rings. The Morgan fingerprint density at radius 1 is 1.40 bits per heavy atom. The van der Waals surface area contributed by atoms with Gasteiger partial charge >= 0.3 is 0 Å². The molecular formula is C10H20N4S. The fourth-order valence-corrected chi connectivity index (χ4v) is 2.03. The first-order chi connectivity index (χ1) is 6.96. The molecule has 1 aromatic rings. The standard InChI is InChI=1S/C10H20N4S/c1-10(2,3)8-9(11)12-13-14(8)6-5-7-15-4/h5-7,11H2,1-4H3. The summed E-state index contributed by atoms with van der Waals surface area (Å²) in [6.45, 7) is 7.30. The first-order valence-corrected chi connectivity index (χ1v) is 6.54. The number of hydrogen-bond acceptors (Lipinski definition) is 4. The summed E-state index contributed by atoms with van der Waals surface area (Å²) < 4.78 is 1.94. The van der Waals surface area contributed by atoms with E-state index in [1.165, 1.54) is 0 Å². The van der Waals surface area contributed by atoms with Gasteiger partial charge < -0.3 is 5.73 Å². The molecule has 0 spiro atoms. The second-order valence-corrected chi connectivity index (χ2v) is 5.63. The molecule has 0 bridgehead atoms. The maximum atomic E-state index is 5.83. The van der Waals surface area contributed by atoms with Crippen LogP contribution in [0.25, 0.3) is 0 Å².